The zero-order chi connectivity index (χ0) is 34.5. The maximum atomic E-state index is 10.7. The van der Waals surface area contributed by atoms with Gasteiger partial charge in [0.15, 0.2) is 5.69 Å². The summed E-state index contributed by atoms with van der Waals surface area (Å²) in [7, 11) is 0. The molecule has 4 nitrogen and oxygen atoms in total. The van der Waals surface area contributed by atoms with Crippen LogP contribution >= 0.6 is 0 Å². The number of aromatic nitrogens is 1. The number of hydrogen-bond acceptors (Lipinski definition) is 2. The number of para-hydroxylation sites is 1. The van der Waals surface area contributed by atoms with Gasteiger partial charge >= 0.3 is 0 Å². The lowest BCUT2D eigenvalue weighted by Crippen LogP contribution is -1.98. The predicted molar refractivity (Wildman–Crippen MR) is 208 cm³/mol. The summed E-state index contributed by atoms with van der Waals surface area (Å²) in [6, 6.07) is 57.9. The minimum Gasteiger partial charge on any atom is -0.308 e. The largest absolute Gasteiger partial charge is 0.308 e. The molecule has 4 heteroatoms. The van der Waals surface area contributed by atoms with E-state index in [9.17, 15) is 10.5 Å². The first-order chi connectivity index (χ1) is 25.2. The van der Waals surface area contributed by atoms with Crippen molar-refractivity contribution in [3.8, 4) is 51.2 Å². The Morgan fingerprint density at radius 2 is 1.10 bits per heavy atom. The molecule has 0 aliphatic carbocycles. The van der Waals surface area contributed by atoms with Crippen LogP contribution in [0.5, 0.6) is 0 Å². The minimum atomic E-state index is 0.522. The molecule has 0 saturated heterocycles. The lowest BCUT2D eigenvalue weighted by atomic mass is 9.83. The molecule has 0 bridgehead atoms. The number of benzene rings is 8. The third-order valence-corrected chi connectivity index (χ3v) is 9.87. The fourth-order valence-electron chi connectivity index (χ4n) is 7.68. The van der Waals surface area contributed by atoms with E-state index in [1.54, 1.807) is 0 Å². The highest BCUT2D eigenvalue weighted by Gasteiger charge is 2.21. The second kappa shape index (κ2) is 11.9. The highest BCUT2D eigenvalue weighted by molar-refractivity contribution is 6.22. The van der Waals surface area contributed by atoms with Crippen LogP contribution in [-0.2, 0) is 0 Å². The number of nitriles is 2. The summed E-state index contributed by atoms with van der Waals surface area (Å²) in [5.74, 6) is 0. The van der Waals surface area contributed by atoms with Crippen molar-refractivity contribution >= 4 is 49.0 Å². The van der Waals surface area contributed by atoms with Gasteiger partial charge in [-0.3, -0.25) is 0 Å². The van der Waals surface area contributed by atoms with E-state index in [1.807, 2.05) is 72.8 Å². The Bertz CT molecular complexity index is 2940. The molecular weight excluding hydrogens is 621 g/mol. The van der Waals surface area contributed by atoms with Crippen LogP contribution in [0.4, 0.5) is 5.69 Å². The molecule has 0 radical (unpaired) electrons. The molecular formula is C47H26N4. The summed E-state index contributed by atoms with van der Waals surface area (Å²) in [5, 5.41) is 26.7. The van der Waals surface area contributed by atoms with Gasteiger partial charge in [-0.05, 0) is 97.4 Å². The molecule has 0 unspecified atom stereocenters. The van der Waals surface area contributed by atoms with Crippen LogP contribution in [0.3, 0.4) is 0 Å². The van der Waals surface area contributed by atoms with Gasteiger partial charge in [-0.2, -0.15) is 10.5 Å². The van der Waals surface area contributed by atoms with Gasteiger partial charge in [-0.25, -0.2) is 4.85 Å². The maximum Gasteiger partial charge on any atom is 0.187 e. The molecule has 0 saturated carbocycles. The maximum absolute atomic E-state index is 10.7. The Morgan fingerprint density at radius 1 is 0.471 bits per heavy atom. The Morgan fingerprint density at radius 3 is 1.76 bits per heavy atom. The van der Waals surface area contributed by atoms with E-state index in [4.69, 9.17) is 6.57 Å². The van der Waals surface area contributed by atoms with E-state index < -0.39 is 0 Å². The van der Waals surface area contributed by atoms with Gasteiger partial charge in [0.05, 0.1) is 40.5 Å². The summed E-state index contributed by atoms with van der Waals surface area (Å²) in [6.45, 7) is 7.94. The van der Waals surface area contributed by atoms with Crippen molar-refractivity contribution in [2.24, 2.45) is 0 Å². The Balaban J connectivity index is 1.31. The third-order valence-electron chi connectivity index (χ3n) is 9.87. The summed E-state index contributed by atoms with van der Waals surface area (Å²) < 4.78 is 2.11. The van der Waals surface area contributed by atoms with Crippen LogP contribution in [0.1, 0.15) is 11.1 Å². The topological polar surface area (TPSA) is 56.9 Å². The van der Waals surface area contributed by atoms with Gasteiger partial charge in [-0.1, -0.05) is 115 Å². The molecule has 234 valence electrons. The smallest absolute Gasteiger partial charge is 0.187 e. The first kappa shape index (κ1) is 29.7. The van der Waals surface area contributed by atoms with Crippen molar-refractivity contribution in [3.05, 3.63) is 180 Å². The minimum absolute atomic E-state index is 0.522. The average molecular weight is 647 g/mol. The second-order valence-corrected chi connectivity index (χ2v) is 12.6. The Kier molecular flexibility index (Phi) is 6.93. The van der Waals surface area contributed by atoms with Crippen LogP contribution in [0.25, 0.3) is 87.3 Å². The third kappa shape index (κ3) is 4.66. The zero-order valence-corrected chi connectivity index (χ0v) is 27.3. The van der Waals surface area contributed by atoms with Crippen molar-refractivity contribution in [1.82, 2.24) is 4.57 Å². The first-order valence-electron chi connectivity index (χ1n) is 16.7. The lowest BCUT2D eigenvalue weighted by Gasteiger charge is -2.20. The van der Waals surface area contributed by atoms with Crippen molar-refractivity contribution in [1.29, 1.82) is 10.5 Å². The molecule has 1 aromatic heterocycles. The molecule has 0 N–H and O–H groups in total. The fraction of sp³-hybridized carbons (Fsp3) is 0. The van der Waals surface area contributed by atoms with Crippen LogP contribution in [-0.4, -0.2) is 4.57 Å². The monoisotopic (exact) mass is 646 g/mol. The number of rotatable bonds is 4. The van der Waals surface area contributed by atoms with Gasteiger partial charge in [0.25, 0.3) is 0 Å². The van der Waals surface area contributed by atoms with Gasteiger partial charge in [0, 0.05) is 10.8 Å². The molecule has 8 aromatic carbocycles. The molecule has 0 fully saturated rings. The molecule has 51 heavy (non-hydrogen) atoms. The summed E-state index contributed by atoms with van der Waals surface area (Å²) >= 11 is 0. The SMILES string of the molecule is [C-]#[N+]c1ccc(-c2ccc(-n3c4ccccc4c4cc(C#N)ccc43)c(C#N)c2)c(-c2c3ccccc3c(-c3ccccc3)c3ccccc23)c1. The zero-order valence-electron chi connectivity index (χ0n) is 27.3. The summed E-state index contributed by atoms with van der Waals surface area (Å²) in [5.41, 5.74) is 10.5. The molecule has 9 rings (SSSR count). The van der Waals surface area contributed by atoms with E-state index in [0.29, 0.717) is 16.8 Å². The van der Waals surface area contributed by atoms with Crippen LogP contribution in [0.15, 0.2) is 158 Å². The van der Waals surface area contributed by atoms with Crippen LogP contribution in [0, 0.1) is 29.2 Å². The highest BCUT2D eigenvalue weighted by Crippen LogP contribution is 2.47. The number of hydrogen-bond donors (Lipinski definition) is 0. The fourth-order valence-corrected chi connectivity index (χ4v) is 7.68. The molecule has 0 spiro atoms. The van der Waals surface area contributed by atoms with E-state index in [-0.39, 0.29) is 0 Å². The lowest BCUT2D eigenvalue weighted by molar-refractivity contribution is 1.17. The van der Waals surface area contributed by atoms with E-state index in [1.165, 1.54) is 5.56 Å². The highest BCUT2D eigenvalue weighted by atomic mass is 15.0. The average Bonchev–Trinajstić information content (AvgIpc) is 3.53. The molecule has 0 aliphatic heterocycles. The van der Waals surface area contributed by atoms with Crippen molar-refractivity contribution in [3.63, 3.8) is 0 Å². The first-order valence-corrected chi connectivity index (χ1v) is 16.7. The van der Waals surface area contributed by atoms with Crippen LogP contribution < -0.4 is 0 Å². The molecule has 9 aromatic rings. The molecule has 0 aliphatic rings. The van der Waals surface area contributed by atoms with E-state index in [0.717, 1.165) is 76.9 Å². The van der Waals surface area contributed by atoms with E-state index in [2.05, 4.69) is 106 Å². The number of nitrogens with zero attached hydrogens (tertiary/aromatic N) is 4. The molecule has 1 heterocycles. The summed E-state index contributed by atoms with van der Waals surface area (Å²) in [4.78, 5) is 3.84. The van der Waals surface area contributed by atoms with Gasteiger partial charge in [-0.15, -0.1) is 0 Å². The molecule has 0 amide bonds. The normalized spacial score (nSPS) is 11.1. The van der Waals surface area contributed by atoms with Crippen LogP contribution in [0.2, 0.25) is 0 Å². The quantitative estimate of drug-likeness (QED) is 0.141. The van der Waals surface area contributed by atoms with Gasteiger partial charge in [0.1, 0.15) is 6.07 Å². The molecule has 0 atom stereocenters. The predicted octanol–water partition coefficient (Wildman–Crippen LogP) is 12.4. The van der Waals surface area contributed by atoms with Gasteiger partial charge < -0.3 is 4.57 Å². The van der Waals surface area contributed by atoms with Crippen molar-refractivity contribution in [2.45, 2.75) is 0 Å². The van der Waals surface area contributed by atoms with Crippen molar-refractivity contribution in [2.75, 3.05) is 0 Å². The Hall–Kier alpha value is -7.45. The standard InChI is InChI=1S/C47H26N4/c1-50-34-21-22-35(32-20-24-43(33(26-32)29-49)51-44-18-10-9-13-36(44)41-25-30(28-48)19-23-45(41)51)42(27-34)47-39-16-7-5-14-37(39)46(31-11-3-2-4-12-31)38-15-6-8-17-40(38)47/h2-27H. The van der Waals surface area contributed by atoms with Crippen molar-refractivity contribution < 1.29 is 0 Å². The number of fused-ring (bicyclic) bond motifs is 5. The van der Waals surface area contributed by atoms with Gasteiger partial charge in [0.2, 0.25) is 0 Å². The second-order valence-electron chi connectivity index (χ2n) is 12.6. The summed E-state index contributed by atoms with van der Waals surface area (Å²) in [6.07, 6.45) is 0. The Labute approximate surface area is 294 Å². The van der Waals surface area contributed by atoms with E-state index >= 15 is 0 Å².